The van der Waals surface area contributed by atoms with Gasteiger partial charge in [-0.05, 0) is 32.4 Å². The van der Waals surface area contributed by atoms with Gasteiger partial charge >= 0.3 is 0 Å². The van der Waals surface area contributed by atoms with E-state index in [0.29, 0.717) is 5.75 Å². The van der Waals surface area contributed by atoms with E-state index in [-0.39, 0.29) is 19.0 Å². The summed E-state index contributed by atoms with van der Waals surface area (Å²) in [6.45, 7) is 5.24. The van der Waals surface area contributed by atoms with Crippen LogP contribution in [-0.4, -0.2) is 27.2 Å². The minimum atomic E-state index is -0.643. The van der Waals surface area contributed by atoms with Crippen molar-refractivity contribution in [2.24, 2.45) is 4.99 Å². The third kappa shape index (κ3) is 2.38. The van der Waals surface area contributed by atoms with Gasteiger partial charge in [0.1, 0.15) is 16.3 Å². The van der Waals surface area contributed by atoms with Crippen LogP contribution in [0.3, 0.4) is 0 Å². The summed E-state index contributed by atoms with van der Waals surface area (Å²) in [7, 11) is 0. The van der Waals surface area contributed by atoms with E-state index in [2.05, 4.69) is 4.99 Å². The lowest BCUT2D eigenvalue weighted by Gasteiger charge is -2.14. The number of rotatable bonds is 2. The molecule has 1 aliphatic heterocycles. The first-order chi connectivity index (χ1) is 7.94. The fourth-order valence-electron chi connectivity index (χ4n) is 1.65. The minimum Gasteiger partial charge on any atom is -0.507 e. The van der Waals surface area contributed by atoms with Gasteiger partial charge in [0.15, 0.2) is 5.78 Å². The highest BCUT2D eigenvalue weighted by Gasteiger charge is 2.36. The molecular weight excluding hydrogens is 246 g/mol. The number of para-hydroxylation sites is 1. The monoisotopic (exact) mass is 264 g/mol. The van der Waals surface area contributed by atoms with E-state index in [4.69, 9.17) is 0 Å². The molecule has 0 aliphatic carbocycles. The topological polar surface area (TPSA) is 49.7 Å². The smallest absolute Gasteiger partial charge is 0.157 e. The van der Waals surface area contributed by atoms with Crippen molar-refractivity contribution in [2.75, 3.05) is 5.75 Å². The maximum absolute atomic E-state index is 11.5. The molecule has 0 spiro atoms. The largest absolute Gasteiger partial charge is 0.507 e. The lowest BCUT2D eigenvalue weighted by Crippen LogP contribution is -2.31. The molecule has 1 aliphatic rings. The molecule has 3 nitrogen and oxygen atoms in total. The van der Waals surface area contributed by atoms with Crippen LogP contribution in [0.5, 0.6) is 5.75 Å². The molecule has 0 saturated heterocycles. The predicted octanol–water partition coefficient (Wildman–Crippen LogP) is 2.99. The molecule has 1 atom stereocenters. The predicted molar refractivity (Wildman–Crippen MR) is 77.3 cm³/mol. The Morgan fingerprint density at radius 3 is 2.72 bits per heavy atom. The third-order valence-electron chi connectivity index (χ3n) is 3.06. The van der Waals surface area contributed by atoms with Gasteiger partial charge in [0.05, 0.1) is 0 Å². The number of carbonyl (C=O) groups is 1. The molecule has 4 heteroatoms. The second-order valence-electron chi connectivity index (χ2n) is 4.51. The molecule has 1 N–H and O–H groups in total. The molecule has 0 aromatic heterocycles. The van der Waals surface area contributed by atoms with Gasteiger partial charge in [-0.25, -0.2) is 0 Å². The summed E-state index contributed by atoms with van der Waals surface area (Å²) in [6, 6.07) is 5.57. The summed E-state index contributed by atoms with van der Waals surface area (Å²) in [6.07, 6.45) is 0. The SMILES string of the molecule is CC(=O)[C@@]1(C)CSC(c2cccc(C)c2O)=N1.[CH3+]. The first kappa shape index (κ1) is 14.6. The van der Waals surface area contributed by atoms with Gasteiger partial charge in [-0.15, -0.1) is 11.8 Å². The number of Topliss-reactive ketones (excluding diaryl/α,β-unsaturated/α-hetero) is 1. The number of aliphatic imine (C=N–C) groups is 1. The molecule has 1 heterocycles. The molecule has 0 radical (unpaired) electrons. The van der Waals surface area contributed by atoms with Crippen molar-refractivity contribution in [1.82, 2.24) is 0 Å². The first-order valence-electron chi connectivity index (χ1n) is 5.47. The average Bonchev–Trinajstić information content (AvgIpc) is 2.66. The molecule has 96 valence electrons. The molecular formula is C14H18NO2S+. The number of ketones is 1. The summed E-state index contributed by atoms with van der Waals surface area (Å²) in [4.78, 5) is 16.0. The summed E-state index contributed by atoms with van der Waals surface area (Å²) in [5, 5.41) is 10.7. The number of hydrogen-bond donors (Lipinski definition) is 1. The Kier molecular flexibility index (Phi) is 4.12. The summed E-state index contributed by atoms with van der Waals surface area (Å²) >= 11 is 1.52. The van der Waals surface area contributed by atoms with Crippen LogP contribution in [0, 0.1) is 14.4 Å². The van der Waals surface area contributed by atoms with E-state index in [1.807, 2.05) is 32.0 Å². The number of aromatic hydroxyl groups is 1. The van der Waals surface area contributed by atoms with Crippen LogP contribution in [0.15, 0.2) is 23.2 Å². The van der Waals surface area contributed by atoms with Crippen molar-refractivity contribution >= 4 is 22.6 Å². The Morgan fingerprint density at radius 2 is 2.17 bits per heavy atom. The van der Waals surface area contributed by atoms with Gasteiger partial charge in [0, 0.05) is 18.7 Å². The van der Waals surface area contributed by atoms with Crippen molar-refractivity contribution < 1.29 is 9.90 Å². The Morgan fingerprint density at radius 1 is 1.50 bits per heavy atom. The molecule has 0 saturated carbocycles. The zero-order valence-electron chi connectivity index (χ0n) is 11.2. The van der Waals surface area contributed by atoms with Crippen LogP contribution in [-0.2, 0) is 4.79 Å². The molecule has 18 heavy (non-hydrogen) atoms. The first-order valence-corrected chi connectivity index (χ1v) is 6.45. The minimum absolute atomic E-state index is 0. The van der Waals surface area contributed by atoms with Crippen molar-refractivity contribution in [2.45, 2.75) is 26.3 Å². The molecule has 0 unspecified atom stereocenters. The molecule has 0 fully saturated rings. The highest BCUT2D eigenvalue weighted by atomic mass is 32.2. The normalized spacial score (nSPS) is 22.3. The average molecular weight is 264 g/mol. The number of thioether (sulfide) groups is 1. The third-order valence-corrected chi connectivity index (χ3v) is 4.36. The van der Waals surface area contributed by atoms with Crippen molar-refractivity contribution in [3.05, 3.63) is 36.8 Å². The zero-order chi connectivity index (χ0) is 12.6. The Bertz CT molecular complexity index is 511. The van der Waals surface area contributed by atoms with Crippen LogP contribution in [0.2, 0.25) is 0 Å². The van der Waals surface area contributed by atoms with Crippen LogP contribution in [0.4, 0.5) is 0 Å². The molecule has 1 aromatic rings. The number of aryl methyl sites for hydroxylation is 1. The lowest BCUT2D eigenvalue weighted by atomic mass is 10.0. The summed E-state index contributed by atoms with van der Waals surface area (Å²) in [5.41, 5.74) is 0.901. The quantitative estimate of drug-likeness (QED) is 0.835. The molecule has 2 rings (SSSR count). The van der Waals surface area contributed by atoms with Crippen LogP contribution < -0.4 is 0 Å². The van der Waals surface area contributed by atoms with E-state index in [1.54, 1.807) is 6.92 Å². The maximum atomic E-state index is 11.5. The number of carbonyl (C=O) groups excluding carboxylic acids is 1. The zero-order valence-corrected chi connectivity index (χ0v) is 12.0. The standard InChI is InChI=1S/C13H15NO2S.CH3/c1-8-5-4-6-10(11(8)16)12-14-13(3,7-17-12)9(2)15;/h4-6,16H,7H2,1-3H3;1H3/q;+1/t13-;/m1./s1. The van der Waals surface area contributed by atoms with Gasteiger partial charge in [0.25, 0.3) is 0 Å². The van der Waals surface area contributed by atoms with Crippen molar-refractivity contribution in [3.8, 4) is 5.75 Å². The van der Waals surface area contributed by atoms with E-state index in [0.717, 1.165) is 16.2 Å². The van der Waals surface area contributed by atoms with Gasteiger partial charge in [-0.1, -0.05) is 12.1 Å². The number of phenols is 1. The number of nitrogens with zero attached hydrogens (tertiary/aromatic N) is 1. The fraction of sp³-hybridized carbons (Fsp3) is 0.357. The number of phenolic OH excluding ortho intramolecular Hbond substituents is 1. The van der Waals surface area contributed by atoms with Crippen LogP contribution in [0.1, 0.15) is 25.0 Å². The Hall–Kier alpha value is -1.42. The highest BCUT2D eigenvalue weighted by molar-refractivity contribution is 8.14. The van der Waals surface area contributed by atoms with Crippen LogP contribution in [0.25, 0.3) is 0 Å². The number of hydrogen-bond acceptors (Lipinski definition) is 4. The number of benzene rings is 1. The second kappa shape index (κ2) is 5.06. The van der Waals surface area contributed by atoms with E-state index in [1.165, 1.54) is 11.8 Å². The van der Waals surface area contributed by atoms with Crippen molar-refractivity contribution in [1.29, 1.82) is 0 Å². The van der Waals surface area contributed by atoms with Gasteiger partial charge in [-0.2, -0.15) is 0 Å². The van der Waals surface area contributed by atoms with Gasteiger partial charge in [-0.3, -0.25) is 9.79 Å². The van der Waals surface area contributed by atoms with E-state index >= 15 is 0 Å². The van der Waals surface area contributed by atoms with Gasteiger partial charge < -0.3 is 5.11 Å². The van der Waals surface area contributed by atoms with Crippen LogP contribution >= 0.6 is 11.8 Å². The Labute approximate surface area is 112 Å². The summed E-state index contributed by atoms with van der Waals surface area (Å²) < 4.78 is 0. The molecule has 1 aromatic carbocycles. The molecule has 0 amide bonds. The Balaban J connectivity index is 0.00000162. The highest BCUT2D eigenvalue weighted by Crippen LogP contribution is 2.35. The molecule has 0 bridgehead atoms. The van der Waals surface area contributed by atoms with E-state index < -0.39 is 5.54 Å². The summed E-state index contributed by atoms with van der Waals surface area (Å²) in [5.74, 6) is 0.962. The van der Waals surface area contributed by atoms with E-state index in [9.17, 15) is 9.90 Å². The lowest BCUT2D eigenvalue weighted by molar-refractivity contribution is -0.120. The van der Waals surface area contributed by atoms with Crippen molar-refractivity contribution in [3.63, 3.8) is 0 Å². The van der Waals surface area contributed by atoms with Gasteiger partial charge in [0.2, 0.25) is 0 Å². The second-order valence-corrected chi connectivity index (χ2v) is 5.47. The maximum Gasteiger partial charge on any atom is 0.157 e. The fourth-order valence-corrected chi connectivity index (χ4v) is 2.92.